The van der Waals surface area contributed by atoms with Gasteiger partial charge in [-0.05, 0) is 62.9 Å². The first-order valence-electron chi connectivity index (χ1n) is 9.65. The van der Waals surface area contributed by atoms with E-state index >= 15 is 0 Å². The molecule has 0 radical (unpaired) electrons. The fraction of sp³-hybridized carbons (Fsp3) is 0.524. The number of aryl methyl sites for hydroxylation is 2. The Hall–Kier alpha value is -2.18. The van der Waals surface area contributed by atoms with Gasteiger partial charge in [0.2, 0.25) is 5.91 Å². The number of benzene rings is 1. The fourth-order valence-electron chi connectivity index (χ4n) is 3.57. The Balaban J connectivity index is 1.60. The number of hydrogen-bond acceptors (Lipinski definition) is 4. The van der Waals surface area contributed by atoms with Crippen molar-refractivity contribution in [3.05, 3.63) is 47.3 Å². The number of nitrogens with one attached hydrogen (secondary N) is 1. The molecule has 1 aromatic heterocycles. The standard InChI is InChI=1S/C21H30N4O2/c1-16-5-6-20(11-17(16)2)25-14-19(12-23-25)13-24-9-4-7-21(27,8-10-24)15-22-18(3)26/h5-6,11-12,14,27H,4,7-10,13,15H2,1-3H3,(H,22,26). The van der Waals surface area contributed by atoms with E-state index in [1.165, 1.54) is 23.6 Å². The predicted molar refractivity (Wildman–Crippen MR) is 106 cm³/mol. The van der Waals surface area contributed by atoms with E-state index in [9.17, 15) is 9.90 Å². The highest BCUT2D eigenvalue weighted by Crippen LogP contribution is 2.23. The third kappa shape index (κ3) is 5.17. The average Bonchev–Trinajstić information content (AvgIpc) is 3.00. The number of aliphatic hydroxyl groups is 1. The lowest BCUT2D eigenvalue weighted by Gasteiger charge is -2.27. The minimum Gasteiger partial charge on any atom is -0.388 e. The summed E-state index contributed by atoms with van der Waals surface area (Å²) in [6.07, 6.45) is 6.30. The van der Waals surface area contributed by atoms with Gasteiger partial charge in [-0.25, -0.2) is 4.68 Å². The van der Waals surface area contributed by atoms with E-state index in [0.717, 1.165) is 31.7 Å². The van der Waals surface area contributed by atoms with Crippen LogP contribution in [0.25, 0.3) is 5.69 Å². The van der Waals surface area contributed by atoms with E-state index in [1.54, 1.807) is 0 Å². The van der Waals surface area contributed by atoms with Crippen LogP contribution in [0.15, 0.2) is 30.6 Å². The van der Waals surface area contributed by atoms with E-state index in [2.05, 4.69) is 53.6 Å². The highest BCUT2D eigenvalue weighted by molar-refractivity contribution is 5.72. The summed E-state index contributed by atoms with van der Waals surface area (Å²) in [6, 6.07) is 6.37. The monoisotopic (exact) mass is 370 g/mol. The maximum absolute atomic E-state index is 11.1. The van der Waals surface area contributed by atoms with Crippen LogP contribution in [0.5, 0.6) is 0 Å². The quantitative estimate of drug-likeness (QED) is 0.848. The van der Waals surface area contributed by atoms with Crippen LogP contribution in [0.2, 0.25) is 0 Å². The van der Waals surface area contributed by atoms with Crippen LogP contribution in [-0.2, 0) is 11.3 Å². The molecule has 1 aliphatic rings. The smallest absolute Gasteiger partial charge is 0.216 e. The van der Waals surface area contributed by atoms with Crippen LogP contribution in [0, 0.1) is 13.8 Å². The number of aromatic nitrogens is 2. The number of nitrogens with zero attached hydrogens (tertiary/aromatic N) is 3. The summed E-state index contributed by atoms with van der Waals surface area (Å²) in [5.74, 6) is -0.0942. The Labute approximate surface area is 161 Å². The average molecular weight is 370 g/mol. The van der Waals surface area contributed by atoms with Crippen molar-refractivity contribution in [2.75, 3.05) is 19.6 Å². The van der Waals surface area contributed by atoms with Crippen molar-refractivity contribution in [1.29, 1.82) is 0 Å². The summed E-state index contributed by atoms with van der Waals surface area (Å²) in [6.45, 7) is 8.62. The molecule has 146 valence electrons. The van der Waals surface area contributed by atoms with Crippen molar-refractivity contribution in [3.63, 3.8) is 0 Å². The molecule has 0 saturated carbocycles. The third-order valence-corrected chi connectivity index (χ3v) is 5.47. The minimum atomic E-state index is -0.802. The van der Waals surface area contributed by atoms with Crippen LogP contribution in [0.1, 0.15) is 42.9 Å². The maximum Gasteiger partial charge on any atom is 0.216 e. The Bertz CT molecular complexity index is 801. The zero-order valence-corrected chi connectivity index (χ0v) is 16.5. The molecule has 1 atom stereocenters. The van der Waals surface area contributed by atoms with Gasteiger partial charge in [-0.2, -0.15) is 5.10 Å². The van der Waals surface area contributed by atoms with E-state index in [0.29, 0.717) is 19.4 Å². The second kappa shape index (κ2) is 8.23. The first-order valence-corrected chi connectivity index (χ1v) is 9.65. The first-order chi connectivity index (χ1) is 12.8. The zero-order valence-electron chi connectivity index (χ0n) is 16.5. The normalized spacial score (nSPS) is 21.0. The van der Waals surface area contributed by atoms with Crippen molar-refractivity contribution in [2.24, 2.45) is 0 Å². The molecular weight excluding hydrogens is 340 g/mol. The van der Waals surface area contributed by atoms with Crippen LogP contribution >= 0.6 is 0 Å². The Morgan fingerprint density at radius 1 is 1.26 bits per heavy atom. The molecule has 1 amide bonds. The van der Waals surface area contributed by atoms with Gasteiger partial charge in [-0.3, -0.25) is 9.69 Å². The van der Waals surface area contributed by atoms with E-state index in [4.69, 9.17) is 0 Å². The fourth-order valence-corrected chi connectivity index (χ4v) is 3.57. The Morgan fingerprint density at radius 2 is 2.07 bits per heavy atom. The van der Waals surface area contributed by atoms with Gasteiger partial charge >= 0.3 is 0 Å². The van der Waals surface area contributed by atoms with Gasteiger partial charge in [0.1, 0.15) is 0 Å². The molecule has 2 N–H and O–H groups in total. The molecule has 1 saturated heterocycles. The van der Waals surface area contributed by atoms with Crippen LogP contribution in [-0.4, -0.2) is 50.9 Å². The van der Waals surface area contributed by atoms with Crippen molar-refractivity contribution < 1.29 is 9.90 Å². The summed E-state index contributed by atoms with van der Waals surface area (Å²) in [7, 11) is 0. The molecule has 3 rings (SSSR count). The summed E-state index contributed by atoms with van der Waals surface area (Å²) in [5.41, 5.74) is 3.98. The van der Waals surface area contributed by atoms with Gasteiger partial charge in [0.15, 0.2) is 0 Å². The maximum atomic E-state index is 11.1. The molecule has 1 aliphatic heterocycles. The van der Waals surface area contributed by atoms with Gasteiger partial charge in [-0.1, -0.05) is 6.07 Å². The van der Waals surface area contributed by atoms with Crippen molar-refractivity contribution in [2.45, 2.75) is 52.2 Å². The number of rotatable bonds is 5. The van der Waals surface area contributed by atoms with Crippen LogP contribution < -0.4 is 5.32 Å². The van der Waals surface area contributed by atoms with Crippen molar-refractivity contribution in [3.8, 4) is 5.69 Å². The second-order valence-corrected chi connectivity index (χ2v) is 7.83. The van der Waals surface area contributed by atoms with Crippen molar-refractivity contribution >= 4 is 5.91 Å². The zero-order chi connectivity index (χ0) is 19.4. The summed E-state index contributed by atoms with van der Waals surface area (Å²) < 4.78 is 1.92. The van der Waals surface area contributed by atoms with E-state index in [1.807, 2.05) is 10.9 Å². The van der Waals surface area contributed by atoms with E-state index in [-0.39, 0.29) is 5.91 Å². The largest absolute Gasteiger partial charge is 0.388 e. The molecule has 2 heterocycles. The summed E-state index contributed by atoms with van der Waals surface area (Å²) >= 11 is 0. The lowest BCUT2D eigenvalue weighted by Crippen LogP contribution is -2.42. The van der Waals surface area contributed by atoms with Crippen molar-refractivity contribution in [1.82, 2.24) is 20.0 Å². The van der Waals surface area contributed by atoms with E-state index < -0.39 is 5.60 Å². The van der Waals surface area contributed by atoms with Gasteiger partial charge in [-0.15, -0.1) is 0 Å². The topological polar surface area (TPSA) is 70.4 Å². The summed E-state index contributed by atoms with van der Waals surface area (Å²) in [5, 5.41) is 18.0. The highest BCUT2D eigenvalue weighted by atomic mass is 16.3. The molecule has 1 aromatic carbocycles. The molecule has 6 heteroatoms. The second-order valence-electron chi connectivity index (χ2n) is 7.83. The molecule has 2 aromatic rings. The number of carbonyl (C=O) groups excluding carboxylic acids is 1. The van der Waals surface area contributed by atoms with Gasteiger partial charge in [0.25, 0.3) is 0 Å². The van der Waals surface area contributed by atoms with Gasteiger partial charge in [0, 0.05) is 38.3 Å². The lowest BCUT2D eigenvalue weighted by molar-refractivity contribution is -0.120. The van der Waals surface area contributed by atoms with Crippen LogP contribution in [0.4, 0.5) is 0 Å². The molecule has 1 fully saturated rings. The molecule has 0 aliphatic carbocycles. The molecule has 27 heavy (non-hydrogen) atoms. The number of carbonyl (C=O) groups is 1. The Kier molecular flexibility index (Phi) is 5.97. The Morgan fingerprint density at radius 3 is 2.81 bits per heavy atom. The number of amides is 1. The highest BCUT2D eigenvalue weighted by Gasteiger charge is 2.30. The molecule has 1 unspecified atom stereocenters. The lowest BCUT2D eigenvalue weighted by atomic mass is 9.95. The molecule has 0 spiro atoms. The first kappa shape index (κ1) is 19.6. The molecular formula is C21H30N4O2. The SMILES string of the molecule is CC(=O)NCC1(O)CCCN(Cc2cnn(-c3ccc(C)c(C)c3)c2)CC1. The van der Waals surface area contributed by atoms with Crippen LogP contribution in [0.3, 0.4) is 0 Å². The van der Waals surface area contributed by atoms with Gasteiger partial charge < -0.3 is 10.4 Å². The third-order valence-electron chi connectivity index (χ3n) is 5.47. The molecule has 6 nitrogen and oxygen atoms in total. The summed E-state index contributed by atoms with van der Waals surface area (Å²) in [4.78, 5) is 13.5. The number of likely N-dealkylation sites (tertiary alicyclic amines) is 1. The van der Waals surface area contributed by atoms with Gasteiger partial charge in [0.05, 0.1) is 17.5 Å². The molecule has 0 bridgehead atoms. The number of hydrogen-bond donors (Lipinski definition) is 2. The minimum absolute atomic E-state index is 0.0942. The predicted octanol–water partition coefficient (Wildman–Crippen LogP) is 2.34.